The first-order valence-corrected chi connectivity index (χ1v) is 8.40. The van der Waals surface area contributed by atoms with Gasteiger partial charge in [0.2, 0.25) is 5.91 Å². The second-order valence-electron chi connectivity index (χ2n) is 7.04. The summed E-state index contributed by atoms with van der Waals surface area (Å²) in [4.78, 5) is 17.0. The molecule has 21 heavy (non-hydrogen) atoms. The highest BCUT2D eigenvalue weighted by molar-refractivity contribution is 5.84. The van der Waals surface area contributed by atoms with Crippen LogP contribution in [0.4, 0.5) is 0 Å². The van der Waals surface area contributed by atoms with Gasteiger partial charge in [0.05, 0.1) is 5.54 Å². The van der Waals surface area contributed by atoms with Crippen molar-refractivity contribution >= 4 is 5.91 Å². The summed E-state index contributed by atoms with van der Waals surface area (Å²) in [6.07, 6.45) is 4.00. The summed E-state index contributed by atoms with van der Waals surface area (Å²) in [7, 11) is 2.21. The summed E-state index contributed by atoms with van der Waals surface area (Å²) in [6.45, 7) is 9.60. The highest BCUT2D eigenvalue weighted by Gasteiger charge is 2.43. The Morgan fingerprint density at radius 2 is 1.95 bits per heavy atom. The van der Waals surface area contributed by atoms with Crippen LogP contribution in [0, 0.1) is 0 Å². The van der Waals surface area contributed by atoms with E-state index in [0.29, 0.717) is 18.1 Å². The van der Waals surface area contributed by atoms with E-state index < -0.39 is 5.54 Å². The molecule has 0 aromatic rings. The Balaban J connectivity index is 2.08. The topological polar surface area (TPSA) is 61.6 Å². The minimum atomic E-state index is -0.493. The molecule has 3 N–H and O–H groups in total. The van der Waals surface area contributed by atoms with Crippen molar-refractivity contribution in [1.29, 1.82) is 0 Å². The number of carbonyl (C=O) groups excluding carboxylic acids is 1. The van der Waals surface area contributed by atoms with Crippen LogP contribution < -0.4 is 11.1 Å². The second kappa shape index (κ2) is 6.63. The Bertz CT molecular complexity index is 359. The lowest BCUT2D eigenvalue weighted by Gasteiger charge is -2.49. The van der Waals surface area contributed by atoms with Gasteiger partial charge in [0.25, 0.3) is 0 Å². The Morgan fingerprint density at radius 3 is 2.48 bits per heavy atom. The zero-order chi connectivity index (χ0) is 15.6. The number of primary amides is 1. The largest absolute Gasteiger partial charge is 0.368 e. The summed E-state index contributed by atoms with van der Waals surface area (Å²) in [5.41, 5.74) is 5.24. The number of nitrogens with zero attached hydrogens (tertiary/aromatic N) is 2. The summed E-state index contributed by atoms with van der Waals surface area (Å²) in [6, 6.07) is 1.61. The molecule has 5 nitrogen and oxygen atoms in total. The molecule has 2 rings (SSSR count). The molecule has 1 aliphatic carbocycles. The van der Waals surface area contributed by atoms with Crippen LogP contribution in [0.1, 0.15) is 46.5 Å². The van der Waals surface area contributed by atoms with Crippen LogP contribution in [-0.4, -0.2) is 66.1 Å². The lowest BCUT2D eigenvalue weighted by molar-refractivity contribution is -0.127. The van der Waals surface area contributed by atoms with Gasteiger partial charge in [-0.25, -0.2) is 0 Å². The predicted octanol–water partition coefficient (Wildman–Crippen LogP) is 0.787. The Kier molecular flexibility index (Phi) is 5.28. The molecule has 122 valence electrons. The fraction of sp³-hybridized carbons (Fsp3) is 0.938. The minimum absolute atomic E-state index is 0.177. The molecule has 1 heterocycles. The molecule has 1 saturated carbocycles. The maximum atomic E-state index is 12.0. The molecule has 1 aliphatic heterocycles. The Labute approximate surface area is 129 Å². The van der Waals surface area contributed by atoms with Crippen LogP contribution in [0.2, 0.25) is 0 Å². The van der Waals surface area contributed by atoms with Gasteiger partial charge in [-0.15, -0.1) is 0 Å². The number of likely N-dealkylation sites (N-methyl/N-ethyl adjacent to an activating group) is 2. The zero-order valence-corrected chi connectivity index (χ0v) is 14.1. The molecule has 4 unspecified atom stereocenters. The molecule has 1 saturated heterocycles. The first-order chi connectivity index (χ1) is 9.89. The number of nitrogens with two attached hydrogens (primary N) is 1. The van der Waals surface area contributed by atoms with Crippen LogP contribution >= 0.6 is 0 Å². The third kappa shape index (κ3) is 3.41. The maximum absolute atomic E-state index is 12.0. The molecule has 0 spiro atoms. The smallest absolute Gasteiger partial charge is 0.237 e. The van der Waals surface area contributed by atoms with Gasteiger partial charge >= 0.3 is 0 Å². The van der Waals surface area contributed by atoms with E-state index in [1.807, 2.05) is 6.92 Å². The molecular formula is C16H32N4O. The van der Waals surface area contributed by atoms with Crippen LogP contribution in [0.15, 0.2) is 0 Å². The monoisotopic (exact) mass is 296 g/mol. The number of hydrogen-bond donors (Lipinski definition) is 2. The number of piperazine rings is 1. The maximum Gasteiger partial charge on any atom is 0.237 e. The highest BCUT2D eigenvalue weighted by Crippen LogP contribution is 2.32. The van der Waals surface area contributed by atoms with Crippen molar-refractivity contribution in [2.45, 2.75) is 70.1 Å². The second-order valence-corrected chi connectivity index (χ2v) is 7.04. The number of rotatable bonds is 4. The number of hydrogen-bond acceptors (Lipinski definition) is 4. The summed E-state index contributed by atoms with van der Waals surface area (Å²) >= 11 is 0. The summed E-state index contributed by atoms with van der Waals surface area (Å²) in [5, 5.41) is 3.39. The van der Waals surface area contributed by atoms with E-state index in [4.69, 9.17) is 5.73 Å². The molecule has 0 aromatic heterocycles. The van der Waals surface area contributed by atoms with Crippen LogP contribution in [-0.2, 0) is 4.79 Å². The van der Waals surface area contributed by atoms with Gasteiger partial charge in [-0.05, 0) is 53.1 Å². The van der Waals surface area contributed by atoms with Crippen LogP contribution in [0.3, 0.4) is 0 Å². The van der Waals surface area contributed by atoms with Gasteiger partial charge in [-0.3, -0.25) is 14.6 Å². The first kappa shape index (κ1) is 16.7. The Morgan fingerprint density at radius 1 is 1.33 bits per heavy atom. The molecule has 5 heteroatoms. The molecule has 0 aromatic carbocycles. The van der Waals surface area contributed by atoms with E-state index in [9.17, 15) is 4.79 Å². The van der Waals surface area contributed by atoms with Gasteiger partial charge in [0.1, 0.15) is 0 Å². The lowest BCUT2D eigenvalue weighted by Crippen LogP contribution is -2.63. The quantitative estimate of drug-likeness (QED) is 0.805. The molecule has 1 amide bonds. The van der Waals surface area contributed by atoms with Crippen molar-refractivity contribution in [3.8, 4) is 0 Å². The van der Waals surface area contributed by atoms with Crippen molar-refractivity contribution in [3.05, 3.63) is 0 Å². The van der Waals surface area contributed by atoms with E-state index in [1.54, 1.807) is 0 Å². The summed E-state index contributed by atoms with van der Waals surface area (Å²) < 4.78 is 0. The third-order valence-corrected chi connectivity index (χ3v) is 5.62. The SMILES string of the molecule is CCNC1(C(N)=O)CCCC(N2CC(C)N(C)C(C)C2)C1. The van der Waals surface area contributed by atoms with E-state index in [0.717, 1.165) is 38.9 Å². The molecule has 2 fully saturated rings. The lowest BCUT2D eigenvalue weighted by atomic mass is 9.77. The van der Waals surface area contributed by atoms with Crippen molar-refractivity contribution in [2.75, 3.05) is 26.7 Å². The van der Waals surface area contributed by atoms with Gasteiger partial charge in [-0.1, -0.05) is 6.92 Å². The van der Waals surface area contributed by atoms with E-state index in [1.165, 1.54) is 6.42 Å². The van der Waals surface area contributed by atoms with Crippen molar-refractivity contribution in [1.82, 2.24) is 15.1 Å². The van der Waals surface area contributed by atoms with E-state index in [-0.39, 0.29) is 5.91 Å². The van der Waals surface area contributed by atoms with Gasteiger partial charge in [-0.2, -0.15) is 0 Å². The highest BCUT2D eigenvalue weighted by atomic mass is 16.1. The van der Waals surface area contributed by atoms with Crippen LogP contribution in [0.5, 0.6) is 0 Å². The molecule has 2 aliphatic rings. The molecule has 0 bridgehead atoms. The Hall–Kier alpha value is -0.650. The minimum Gasteiger partial charge on any atom is -0.368 e. The molecule has 0 radical (unpaired) electrons. The molecular weight excluding hydrogens is 264 g/mol. The van der Waals surface area contributed by atoms with Crippen molar-refractivity contribution in [2.24, 2.45) is 5.73 Å². The number of amides is 1. The van der Waals surface area contributed by atoms with Gasteiger partial charge in [0, 0.05) is 31.2 Å². The van der Waals surface area contributed by atoms with E-state index in [2.05, 4.69) is 36.0 Å². The average Bonchev–Trinajstić information content (AvgIpc) is 2.44. The zero-order valence-electron chi connectivity index (χ0n) is 14.1. The molecule has 4 atom stereocenters. The number of carbonyl (C=O) groups is 1. The fourth-order valence-electron chi connectivity index (χ4n) is 4.11. The van der Waals surface area contributed by atoms with Crippen LogP contribution in [0.25, 0.3) is 0 Å². The predicted molar refractivity (Wildman–Crippen MR) is 86.1 cm³/mol. The van der Waals surface area contributed by atoms with Gasteiger partial charge < -0.3 is 11.1 Å². The number of nitrogens with one attached hydrogen (secondary N) is 1. The third-order valence-electron chi connectivity index (χ3n) is 5.62. The average molecular weight is 296 g/mol. The first-order valence-electron chi connectivity index (χ1n) is 8.40. The fourth-order valence-corrected chi connectivity index (χ4v) is 4.11. The normalized spacial score (nSPS) is 39.3. The summed E-state index contributed by atoms with van der Waals surface area (Å²) in [5.74, 6) is -0.177. The van der Waals surface area contributed by atoms with E-state index >= 15 is 0 Å². The van der Waals surface area contributed by atoms with Crippen molar-refractivity contribution in [3.63, 3.8) is 0 Å². The van der Waals surface area contributed by atoms with Crippen molar-refractivity contribution < 1.29 is 4.79 Å². The van der Waals surface area contributed by atoms with Gasteiger partial charge in [0.15, 0.2) is 0 Å². The standard InChI is InChI=1S/C16H32N4O/c1-5-18-16(15(17)21)8-6-7-14(9-16)20-10-12(2)19(4)13(3)11-20/h12-14,18H,5-11H2,1-4H3,(H2,17,21).